The summed E-state index contributed by atoms with van der Waals surface area (Å²) in [5, 5.41) is 19.0. The largest absolute Gasteiger partial charge is 0.492 e. The zero-order chi connectivity index (χ0) is 39.1. The van der Waals surface area contributed by atoms with Crippen molar-refractivity contribution in [2.45, 2.75) is 96.7 Å². The van der Waals surface area contributed by atoms with Gasteiger partial charge in [0.15, 0.2) is 0 Å². The maximum atomic E-state index is 11.4. The van der Waals surface area contributed by atoms with Crippen LogP contribution < -0.4 is 10.6 Å². The summed E-state index contributed by atoms with van der Waals surface area (Å²) in [4.78, 5) is 25.1. The number of hydrogen-bond acceptors (Lipinski definition) is 12. The first kappa shape index (κ1) is 44.0. The Hall–Kier alpha value is -4.39. The number of azo groups is 2. The predicted molar refractivity (Wildman–Crippen MR) is 214 cm³/mol. The van der Waals surface area contributed by atoms with Crippen LogP contribution in [0.4, 0.5) is 11.4 Å². The molecule has 54 heavy (non-hydrogen) atoms. The van der Waals surface area contributed by atoms with E-state index in [1.165, 1.54) is 5.69 Å². The Bertz CT molecular complexity index is 1580. The second kappa shape index (κ2) is 24.8. The number of rotatable bonds is 25. The second-order valence-electron chi connectivity index (χ2n) is 13.0. The summed E-state index contributed by atoms with van der Waals surface area (Å²) in [7, 11) is 0. The molecule has 2 N–H and O–H groups in total. The van der Waals surface area contributed by atoms with E-state index in [9.17, 15) is 9.59 Å². The maximum Gasteiger partial charge on any atom is 0.330 e. The molecule has 1 aromatic carbocycles. The highest BCUT2D eigenvalue weighted by Crippen LogP contribution is 2.31. The maximum absolute atomic E-state index is 11.4. The second-order valence-corrected chi connectivity index (χ2v) is 13.5. The van der Waals surface area contributed by atoms with Gasteiger partial charge in [-0.15, -0.1) is 10.2 Å². The Morgan fingerprint density at radius 2 is 1.56 bits per heavy atom. The molecule has 3 unspecified atom stereocenters. The van der Waals surface area contributed by atoms with Gasteiger partial charge in [0.1, 0.15) is 23.6 Å². The van der Waals surface area contributed by atoms with Gasteiger partial charge >= 0.3 is 11.9 Å². The van der Waals surface area contributed by atoms with Crippen LogP contribution in [0.3, 0.4) is 0 Å². The zero-order valence-corrected chi connectivity index (χ0v) is 32.8. The third-order valence-corrected chi connectivity index (χ3v) is 8.84. The minimum absolute atomic E-state index is 0.172. The van der Waals surface area contributed by atoms with E-state index in [4.69, 9.17) is 46.5 Å². The first-order chi connectivity index (χ1) is 26.2. The van der Waals surface area contributed by atoms with Crippen LogP contribution in [0.5, 0.6) is 0 Å². The number of allylic oxidation sites excluding steroid dienone is 1. The SMILES string of the molecule is C=CC(=O)OCCCCCOC1=CC(/N=N/c2ccc(N(CCC)CCC)cc2C)C(OCCCCCOC(=O)C=C)C=C1/N=N/C1=C(Cl)CC(N)C=C1. The molecule has 0 saturated carbocycles. The van der Waals surface area contributed by atoms with Crippen LogP contribution in [-0.4, -0.2) is 69.6 Å². The number of nitrogens with two attached hydrogens (primary N) is 1. The lowest BCUT2D eigenvalue weighted by atomic mass is 10.0. The molecule has 12 nitrogen and oxygen atoms in total. The standard InChI is InChI=1S/C41H57ClN6O6/c1-6-20-48(21-7-2)32-17-19-34(30(5)26-32)44-46-36-28-39(52-23-13-11-15-25-54-41(50)9-4)37(47-45-35-18-16-31(43)27-33(35)42)29-38(36)51-22-12-10-14-24-53-40(49)8-3/h8-9,16-19,26,28-29,31,36,38H,3-4,6-7,10-15,20-25,27,43H2,1-2,5H3/b46-44+,47-45+. The highest BCUT2D eigenvalue weighted by molar-refractivity contribution is 6.30. The van der Waals surface area contributed by atoms with Gasteiger partial charge < -0.3 is 29.6 Å². The lowest BCUT2D eigenvalue weighted by Crippen LogP contribution is -2.28. The van der Waals surface area contributed by atoms with E-state index < -0.39 is 24.1 Å². The Balaban J connectivity index is 1.85. The van der Waals surface area contributed by atoms with Crippen molar-refractivity contribution >= 4 is 34.9 Å². The summed E-state index contributed by atoms with van der Waals surface area (Å²) in [6.07, 6.45) is 16.2. The molecule has 2 aliphatic rings. The summed E-state index contributed by atoms with van der Waals surface area (Å²) in [5.41, 5.74) is 9.99. The number of esters is 2. The molecule has 0 spiro atoms. The zero-order valence-electron chi connectivity index (χ0n) is 32.1. The van der Waals surface area contributed by atoms with Crippen molar-refractivity contribution in [2.75, 3.05) is 44.4 Å². The van der Waals surface area contributed by atoms with Crippen LogP contribution in [-0.2, 0) is 28.5 Å². The van der Waals surface area contributed by atoms with E-state index in [2.05, 4.69) is 54.3 Å². The van der Waals surface area contributed by atoms with Crippen LogP contribution in [0, 0.1) is 6.92 Å². The van der Waals surface area contributed by atoms with Crippen molar-refractivity contribution in [1.29, 1.82) is 0 Å². The van der Waals surface area contributed by atoms with Gasteiger partial charge in [0.2, 0.25) is 0 Å². The van der Waals surface area contributed by atoms with Gasteiger partial charge in [-0.25, -0.2) is 9.59 Å². The molecule has 3 rings (SSSR count). The summed E-state index contributed by atoms with van der Waals surface area (Å²) >= 11 is 6.48. The fourth-order valence-electron chi connectivity index (χ4n) is 5.62. The number of ether oxygens (including phenoxy) is 4. The first-order valence-electron chi connectivity index (χ1n) is 19.0. The number of unbranched alkanes of at least 4 members (excludes halogenated alkanes) is 4. The molecule has 0 heterocycles. The molecule has 0 radical (unpaired) electrons. The van der Waals surface area contributed by atoms with E-state index in [0.717, 1.165) is 75.0 Å². The molecule has 294 valence electrons. The van der Waals surface area contributed by atoms with Crippen molar-refractivity contribution in [3.05, 3.63) is 95.6 Å². The summed E-state index contributed by atoms with van der Waals surface area (Å²) < 4.78 is 22.9. The number of hydrogen-bond donors (Lipinski definition) is 1. The third kappa shape index (κ3) is 15.5. The van der Waals surface area contributed by atoms with Gasteiger partial charge in [0.25, 0.3) is 0 Å². The lowest BCUT2D eigenvalue weighted by molar-refractivity contribution is -0.138. The van der Waals surface area contributed by atoms with Crippen molar-refractivity contribution in [1.82, 2.24) is 0 Å². The molecular weight excluding hydrogens is 708 g/mol. The van der Waals surface area contributed by atoms with Crippen LogP contribution >= 0.6 is 11.6 Å². The number of halogens is 1. The van der Waals surface area contributed by atoms with Crippen molar-refractivity contribution in [2.24, 2.45) is 26.2 Å². The Morgan fingerprint density at radius 3 is 2.17 bits per heavy atom. The van der Waals surface area contributed by atoms with Crippen LogP contribution in [0.25, 0.3) is 0 Å². The number of anilines is 1. The lowest BCUT2D eigenvalue weighted by Gasteiger charge is -2.25. The van der Waals surface area contributed by atoms with Gasteiger partial charge in [0, 0.05) is 55.0 Å². The van der Waals surface area contributed by atoms with Crippen molar-refractivity contribution in [3.8, 4) is 0 Å². The Kier molecular flexibility index (Phi) is 20.2. The molecule has 0 bridgehead atoms. The van der Waals surface area contributed by atoms with Gasteiger partial charge in [-0.2, -0.15) is 10.2 Å². The molecule has 0 amide bonds. The van der Waals surface area contributed by atoms with Gasteiger partial charge in [0.05, 0.1) is 31.2 Å². The summed E-state index contributed by atoms with van der Waals surface area (Å²) in [5.74, 6) is -0.365. The number of aryl methyl sites for hydroxylation is 1. The van der Waals surface area contributed by atoms with Crippen molar-refractivity contribution < 1.29 is 28.5 Å². The summed E-state index contributed by atoms with van der Waals surface area (Å²) in [6, 6.07) is 5.58. The molecule has 0 fully saturated rings. The van der Waals surface area contributed by atoms with Gasteiger partial charge in [-0.3, -0.25) is 0 Å². The minimum atomic E-state index is -0.517. The smallest absolute Gasteiger partial charge is 0.330 e. The van der Waals surface area contributed by atoms with Crippen molar-refractivity contribution in [3.63, 3.8) is 0 Å². The van der Waals surface area contributed by atoms with E-state index in [1.807, 2.05) is 31.2 Å². The van der Waals surface area contributed by atoms with Crippen LogP contribution in [0.1, 0.15) is 77.2 Å². The van der Waals surface area contributed by atoms with E-state index in [-0.39, 0.29) is 6.04 Å². The molecule has 2 aliphatic carbocycles. The average Bonchev–Trinajstić information content (AvgIpc) is 3.16. The topological polar surface area (TPSA) is 150 Å². The van der Waals surface area contributed by atoms with Gasteiger partial charge in [-0.05, 0) is 100 Å². The molecule has 0 aliphatic heterocycles. The third-order valence-electron chi connectivity index (χ3n) is 8.49. The average molecular weight is 765 g/mol. The van der Waals surface area contributed by atoms with E-state index >= 15 is 0 Å². The highest BCUT2D eigenvalue weighted by Gasteiger charge is 2.28. The number of carbonyl (C=O) groups is 2. The van der Waals surface area contributed by atoms with Gasteiger partial charge in [-0.1, -0.05) is 44.7 Å². The highest BCUT2D eigenvalue weighted by atomic mass is 35.5. The Labute approximate surface area is 325 Å². The number of carbonyl (C=O) groups excluding carboxylic acids is 2. The predicted octanol–water partition coefficient (Wildman–Crippen LogP) is 9.25. The fourth-order valence-corrected chi connectivity index (χ4v) is 5.89. The molecule has 3 atom stereocenters. The Morgan fingerprint density at radius 1 is 0.907 bits per heavy atom. The fraction of sp³-hybridized carbons (Fsp3) is 0.512. The van der Waals surface area contributed by atoms with E-state index in [1.54, 1.807) is 6.08 Å². The monoisotopic (exact) mass is 764 g/mol. The molecule has 0 aromatic heterocycles. The normalized spacial score (nSPS) is 18.4. The number of benzene rings is 1. The number of nitrogens with zero attached hydrogens (tertiary/aromatic N) is 5. The minimum Gasteiger partial charge on any atom is -0.492 e. The van der Waals surface area contributed by atoms with E-state index in [0.29, 0.717) is 67.9 Å². The molecular formula is C41H57ClN6O6. The molecule has 0 saturated heterocycles. The molecule has 13 heteroatoms. The van der Waals surface area contributed by atoms with Crippen LogP contribution in [0.15, 0.2) is 110 Å². The first-order valence-corrected chi connectivity index (χ1v) is 19.3. The quantitative estimate of drug-likeness (QED) is 0.0448. The van der Waals surface area contributed by atoms with Crippen LogP contribution in [0.2, 0.25) is 0 Å². The summed E-state index contributed by atoms with van der Waals surface area (Å²) in [6.45, 7) is 16.7. The molecule has 1 aromatic rings.